The Bertz CT molecular complexity index is 1040. The van der Waals surface area contributed by atoms with Crippen LogP contribution in [0.4, 0.5) is 4.79 Å². The summed E-state index contributed by atoms with van der Waals surface area (Å²) in [5, 5.41) is 11.2. The Morgan fingerprint density at radius 3 is 2.60 bits per heavy atom. The van der Waals surface area contributed by atoms with Crippen molar-refractivity contribution in [3.8, 4) is 11.5 Å². The van der Waals surface area contributed by atoms with Crippen LogP contribution >= 0.6 is 38.5 Å². The standard InChI is InChI=1S/C20H16BrIN2O6/c1-29-16-8-12(7-15-19(27)24(9-17(25)26)20(28)23-15)6-14(22)18(16)30-10-11-2-4-13(21)5-3-11/h2-8H,9-10H2,1H3,(H,23,28)(H,25,26)/b15-7+. The maximum Gasteiger partial charge on any atom is 0.329 e. The van der Waals surface area contributed by atoms with Crippen LogP contribution in [0.5, 0.6) is 11.5 Å². The summed E-state index contributed by atoms with van der Waals surface area (Å²) in [5.74, 6) is -0.960. The van der Waals surface area contributed by atoms with Crippen LogP contribution in [0.3, 0.4) is 0 Å². The van der Waals surface area contributed by atoms with Gasteiger partial charge in [-0.3, -0.25) is 9.59 Å². The number of benzene rings is 2. The minimum atomic E-state index is -1.27. The van der Waals surface area contributed by atoms with E-state index in [-0.39, 0.29) is 5.70 Å². The largest absolute Gasteiger partial charge is 0.493 e. The number of nitrogens with one attached hydrogen (secondary N) is 1. The summed E-state index contributed by atoms with van der Waals surface area (Å²) in [6.07, 6.45) is 1.46. The summed E-state index contributed by atoms with van der Waals surface area (Å²) in [6.45, 7) is -0.357. The van der Waals surface area contributed by atoms with Crippen molar-refractivity contribution < 1.29 is 29.0 Å². The van der Waals surface area contributed by atoms with Crippen molar-refractivity contribution >= 4 is 62.5 Å². The Balaban J connectivity index is 1.82. The number of urea groups is 1. The van der Waals surface area contributed by atoms with Gasteiger partial charge in [-0.15, -0.1) is 0 Å². The quantitative estimate of drug-likeness (QED) is 0.292. The predicted octanol–water partition coefficient (Wildman–Crippen LogP) is 3.62. The molecule has 1 heterocycles. The Morgan fingerprint density at radius 2 is 1.97 bits per heavy atom. The van der Waals surface area contributed by atoms with Gasteiger partial charge in [-0.1, -0.05) is 28.1 Å². The summed E-state index contributed by atoms with van der Waals surface area (Å²) >= 11 is 5.49. The van der Waals surface area contributed by atoms with Gasteiger partial charge in [0, 0.05) is 4.47 Å². The lowest BCUT2D eigenvalue weighted by Crippen LogP contribution is -2.35. The molecule has 1 aliphatic rings. The van der Waals surface area contributed by atoms with Crippen molar-refractivity contribution in [3.05, 3.63) is 61.3 Å². The first-order chi connectivity index (χ1) is 14.3. The van der Waals surface area contributed by atoms with E-state index < -0.39 is 24.5 Å². The molecule has 0 saturated carbocycles. The highest BCUT2D eigenvalue weighted by Crippen LogP contribution is 2.35. The van der Waals surface area contributed by atoms with Crippen LogP contribution in [0.2, 0.25) is 0 Å². The minimum absolute atomic E-state index is 0.0115. The van der Waals surface area contributed by atoms with Crippen molar-refractivity contribution in [1.82, 2.24) is 10.2 Å². The van der Waals surface area contributed by atoms with Gasteiger partial charge in [-0.25, -0.2) is 9.69 Å². The first kappa shape index (κ1) is 22.1. The molecule has 2 N–H and O–H groups in total. The SMILES string of the molecule is COc1cc(/C=C2/NC(=O)N(CC(=O)O)C2=O)cc(I)c1OCc1ccc(Br)cc1. The van der Waals surface area contributed by atoms with Crippen LogP contribution in [0, 0.1) is 3.57 Å². The fourth-order valence-corrected chi connectivity index (χ4v) is 3.76. The molecule has 2 aromatic rings. The first-order valence-corrected chi connectivity index (χ1v) is 10.5. The number of halogens is 2. The van der Waals surface area contributed by atoms with Gasteiger partial charge < -0.3 is 19.9 Å². The van der Waals surface area contributed by atoms with Crippen LogP contribution in [0.25, 0.3) is 6.08 Å². The zero-order valence-electron chi connectivity index (χ0n) is 15.6. The third-order valence-corrected chi connectivity index (χ3v) is 5.44. The zero-order chi connectivity index (χ0) is 21.8. The second-order valence-corrected chi connectivity index (χ2v) is 8.30. The molecule has 1 aliphatic heterocycles. The predicted molar refractivity (Wildman–Crippen MR) is 120 cm³/mol. The summed E-state index contributed by atoms with van der Waals surface area (Å²) in [7, 11) is 1.51. The average Bonchev–Trinajstić information content (AvgIpc) is 2.95. The highest BCUT2D eigenvalue weighted by Gasteiger charge is 2.34. The molecule has 3 amide bonds. The number of methoxy groups -OCH3 is 1. The smallest absolute Gasteiger partial charge is 0.329 e. The summed E-state index contributed by atoms with van der Waals surface area (Å²) in [4.78, 5) is 35.6. The van der Waals surface area contributed by atoms with Crippen molar-refractivity contribution in [1.29, 1.82) is 0 Å². The maximum atomic E-state index is 12.3. The topological polar surface area (TPSA) is 105 Å². The van der Waals surface area contributed by atoms with Gasteiger partial charge in [0.25, 0.3) is 5.91 Å². The molecule has 3 rings (SSSR count). The van der Waals surface area contributed by atoms with Gasteiger partial charge in [-0.2, -0.15) is 0 Å². The lowest BCUT2D eigenvalue weighted by Gasteiger charge is -2.14. The monoisotopic (exact) mass is 586 g/mol. The number of rotatable bonds is 7. The highest BCUT2D eigenvalue weighted by molar-refractivity contribution is 14.1. The molecule has 0 unspecified atom stereocenters. The highest BCUT2D eigenvalue weighted by atomic mass is 127. The number of carbonyl (C=O) groups excluding carboxylic acids is 2. The minimum Gasteiger partial charge on any atom is -0.493 e. The van der Waals surface area contributed by atoms with Crippen LogP contribution in [-0.4, -0.2) is 41.6 Å². The van der Waals surface area contributed by atoms with Crippen molar-refractivity contribution in [2.75, 3.05) is 13.7 Å². The molecule has 0 atom stereocenters. The number of imide groups is 1. The van der Waals surface area contributed by atoms with Crippen LogP contribution in [0.15, 0.2) is 46.6 Å². The van der Waals surface area contributed by atoms with E-state index in [1.54, 1.807) is 12.1 Å². The molecule has 0 aromatic heterocycles. The molecule has 2 aromatic carbocycles. The van der Waals surface area contributed by atoms with Gasteiger partial charge in [0.15, 0.2) is 11.5 Å². The van der Waals surface area contributed by atoms with Crippen molar-refractivity contribution in [2.45, 2.75) is 6.61 Å². The fraction of sp³-hybridized carbons (Fsp3) is 0.150. The molecule has 0 aliphatic carbocycles. The van der Waals surface area contributed by atoms with E-state index >= 15 is 0 Å². The molecule has 0 radical (unpaired) electrons. The van der Waals surface area contributed by atoms with Gasteiger partial charge in [0.05, 0.1) is 10.7 Å². The molecule has 1 fully saturated rings. The number of nitrogens with zero attached hydrogens (tertiary/aromatic N) is 1. The second-order valence-electron chi connectivity index (χ2n) is 6.22. The van der Waals surface area contributed by atoms with Crippen molar-refractivity contribution in [3.63, 3.8) is 0 Å². The van der Waals surface area contributed by atoms with Gasteiger partial charge in [-0.05, 0) is 64.1 Å². The van der Waals surface area contributed by atoms with E-state index in [1.165, 1.54) is 13.2 Å². The van der Waals surface area contributed by atoms with E-state index in [1.807, 2.05) is 24.3 Å². The van der Waals surface area contributed by atoms with Crippen LogP contribution < -0.4 is 14.8 Å². The number of carbonyl (C=O) groups is 3. The molecule has 1 saturated heterocycles. The van der Waals surface area contributed by atoms with Gasteiger partial charge in [0.1, 0.15) is 18.8 Å². The van der Waals surface area contributed by atoms with Crippen LogP contribution in [0.1, 0.15) is 11.1 Å². The number of ether oxygens (including phenoxy) is 2. The van der Waals surface area contributed by atoms with Gasteiger partial charge in [0.2, 0.25) is 0 Å². The number of hydrogen-bond acceptors (Lipinski definition) is 5. The van der Waals surface area contributed by atoms with E-state index in [4.69, 9.17) is 14.6 Å². The van der Waals surface area contributed by atoms with E-state index in [9.17, 15) is 14.4 Å². The molecule has 10 heteroatoms. The molecule has 30 heavy (non-hydrogen) atoms. The fourth-order valence-electron chi connectivity index (χ4n) is 2.72. The number of hydrogen-bond donors (Lipinski definition) is 2. The summed E-state index contributed by atoms with van der Waals surface area (Å²) in [6, 6.07) is 10.4. The molecular formula is C20H16BrIN2O6. The zero-order valence-corrected chi connectivity index (χ0v) is 19.4. The molecule has 0 bridgehead atoms. The molecule has 0 spiro atoms. The third-order valence-electron chi connectivity index (χ3n) is 4.11. The van der Waals surface area contributed by atoms with E-state index in [0.717, 1.165) is 13.6 Å². The average molecular weight is 587 g/mol. The summed E-state index contributed by atoms with van der Waals surface area (Å²) in [5.41, 5.74) is 1.57. The van der Waals surface area contributed by atoms with Crippen LogP contribution in [-0.2, 0) is 16.2 Å². The van der Waals surface area contributed by atoms with Crippen molar-refractivity contribution in [2.24, 2.45) is 0 Å². The second kappa shape index (κ2) is 9.47. The Labute approximate surface area is 194 Å². The third kappa shape index (κ3) is 5.11. The number of aliphatic carboxylic acids is 1. The number of amides is 3. The van der Waals surface area contributed by atoms with E-state index in [2.05, 4.69) is 43.8 Å². The van der Waals surface area contributed by atoms with Gasteiger partial charge >= 0.3 is 12.0 Å². The number of carboxylic acid groups (broad SMARTS) is 1. The Kier molecular flexibility index (Phi) is 6.98. The molecule has 156 valence electrons. The number of carboxylic acids is 1. The molecule has 8 nitrogen and oxygen atoms in total. The normalized spacial score (nSPS) is 14.8. The first-order valence-electron chi connectivity index (χ1n) is 8.59. The lowest BCUT2D eigenvalue weighted by molar-refractivity contribution is -0.140. The van der Waals surface area contributed by atoms with E-state index in [0.29, 0.717) is 28.6 Å². The maximum absolute atomic E-state index is 12.3. The molecular weight excluding hydrogens is 571 g/mol. The Morgan fingerprint density at radius 1 is 1.27 bits per heavy atom. The Hall–Kier alpha value is -2.60. The lowest BCUT2D eigenvalue weighted by atomic mass is 10.1. The summed E-state index contributed by atoms with van der Waals surface area (Å²) < 4.78 is 13.1.